The van der Waals surface area contributed by atoms with Gasteiger partial charge in [-0.15, -0.1) is 0 Å². The second-order valence-electron chi connectivity index (χ2n) is 6.08. The van der Waals surface area contributed by atoms with E-state index in [0.29, 0.717) is 0 Å². The van der Waals surface area contributed by atoms with Crippen LogP contribution in [0.5, 0.6) is 0 Å². The maximum atomic E-state index is 12.3. The molecule has 0 aliphatic heterocycles. The van der Waals surface area contributed by atoms with Crippen molar-refractivity contribution in [3.05, 3.63) is 63.9 Å². The predicted molar refractivity (Wildman–Crippen MR) is 81.5 cm³/mol. The Morgan fingerprint density at radius 3 is 2.32 bits per heavy atom. The minimum Gasteiger partial charge on any atom is -0.395 e. The average molecular weight is 302 g/mol. The molecule has 2 aromatic rings. The van der Waals surface area contributed by atoms with Gasteiger partial charge < -0.3 is 9.73 Å². The van der Waals surface area contributed by atoms with E-state index in [1.165, 1.54) is 12.1 Å². The quantitative estimate of drug-likeness (QED) is 0.689. The number of nitrogens with zero attached hydrogens (tertiary/aromatic N) is 1. The molecule has 6 nitrogen and oxygen atoms in total. The monoisotopic (exact) mass is 302 g/mol. The van der Waals surface area contributed by atoms with Gasteiger partial charge in [-0.3, -0.25) is 14.9 Å². The molecule has 0 saturated heterocycles. The first-order chi connectivity index (χ1) is 10.3. The number of furan rings is 1. The van der Waals surface area contributed by atoms with E-state index in [1.807, 2.05) is 51.1 Å². The summed E-state index contributed by atoms with van der Waals surface area (Å²) in [6.07, 6.45) is 0. The van der Waals surface area contributed by atoms with E-state index >= 15 is 0 Å². The summed E-state index contributed by atoms with van der Waals surface area (Å²) in [6.45, 7) is 6.03. The van der Waals surface area contributed by atoms with Crippen LogP contribution in [0.15, 0.2) is 46.9 Å². The van der Waals surface area contributed by atoms with Crippen LogP contribution < -0.4 is 5.32 Å². The Bertz CT molecular complexity index is 671. The molecule has 0 aliphatic rings. The molecule has 2 rings (SSSR count). The lowest BCUT2D eigenvalue weighted by atomic mass is 9.82. The van der Waals surface area contributed by atoms with Gasteiger partial charge in [0.1, 0.15) is 4.92 Å². The maximum Gasteiger partial charge on any atom is 0.433 e. The van der Waals surface area contributed by atoms with Gasteiger partial charge in [0.05, 0.1) is 12.1 Å². The SMILES string of the molecule is CC(C)(C)C(NC(=O)c1ccc([N+](=O)[O-])o1)c1ccccc1. The zero-order valence-corrected chi connectivity index (χ0v) is 12.7. The Morgan fingerprint density at radius 2 is 1.82 bits per heavy atom. The first-order valence-corrected chi connectivity index (χ1v) is 6.89. The van der Waals surface area contributed by atoms with Crippen molar-refractivity contribution in [3.63, 3.8) is 0 Å². The van der Waals surface area contributed by atoms with Gasteiger partial charge in [-0.1, -0.05) is 51.1 Å². The van der Waals surface area contributed by atoms with Crippen LogP contribution in [0.3, 0.4) is 0 Å². The Balaban J connectivity index is 2.23. The van der Waals surface area contributed by atoms with Gasteiger partial charge in [0, 0.05) is 0 Å². The molecule has 1 N–H and O–H groups in total. The Labute approximate surface area is 128 Å². The minimum absolute atomic E-state index is 0.0723. The summed E-state index contributed by atoms with van der Waals surface area (Å²) in [4.78, 5) is 22.2. The third kappa shape index (κ3) is 3.52. The number of hydrogen-bond acceptors (Lipinski definition) is 4. The van der Waals surface area contributed by atoms with Crippen molar-refractivity contribution in [1.82, 2.24) is 5.32 Å². The van der Waals surface area contributed by atoms with Crippen molar-refractivity contribution in [1.29, 1.82) is 0 Å². The zero-order valence-electron chi connectivity index (χ0n) is 12.7. The molecule has 1 aromatic heterocycles. The molecule has 1 unspecified atom stereocenters. The first-order valence-electron chi connectivity index (χ1n) is 6.89. The second-order valence-corrected chi connectivity index (χ2v) is 6.08. The molecule has 116 valence electrons. The summed E-state index contributed by atoms with van der Waals surface area (Å²) >= 11 is 0. The molecule has 1 amide bonds. The van der Waals surface area contributed by atoms with Gasteiger partial charge >= 0.3 is 5.88 Å². The molecule has 0 aliphatic carbocycles. The molecule has 1 atom stereocenters. The average Bonchev–Trinajstić information content (AvgIpc) is 2.94. The lowest BCUT2D eigenvalue weighted by Crippen LogP contribution is -2.36. The topological polar surface area (TPSA) is 85.4 Å². The molecule has 1 heterocycles. The fourth-order valence-corrected chi connectivity index (χ4v) is 2.20. The van der Waals surface area contributed by atoms with Gasteiger partial charge in [0.25, 0.3) is 5.91 Å². The van der Waals surface area contributed by atoms with E-state index in [0.717, 1.165) is 5.56 Å². The van der Waals surface area contributed by atoms with Crippen LogP contribution >= 0.6 is 0 Å². The van der Waals surface area contributed by atoms with Gasteiger partial charge in [0.2, 0.25) is 0 Å². The molecule has 22 heavy (non-hydrogen) atoms. The Morgan fingerprint density at radius 1 is 1.18 bits per heavy atom. The number of amides is 1. The standard InChI is InChI=1S/C16H18N2O4/c1-16(2,3)14(11-7-5-4-6-8-11)17-15(19)12-9-10-13(22-12)18(20)21/h4-10,14H,1-3H3,(H,17,19). The van der Waals surface area contributed by atoms with E-state index in [1.54, 1.807) is 0 Å². The molecule has 0 fully saturated rings. The summed E-state index contributed by atoms with van der Waals surface area (Å²) < 4.78 is 4.95. The van der Waals surface area contributed by atoms with Gasteiger partial charge in [-0.05, 0) is 17.0 Å². The molecule has 0 saturated carbocycles. The Hall–Kier alpha value is -2.63. The molecule has 0 bridgehead atoms. The van der Waals surface area contributed by atoms with E-state index in [4.69, 9.17) is 4.42 Å². The number of nitro groups is 1. The Kier molecular flexibility index (Phi) is 4.30. The molecular weight excluding hydrogens is 284 g/mol. The van der Waals surface area contributed by atoms with Crippen LogP contribution in [0, 0.1) is 15.5 Å². The van der Waals surface area contributed by atoms with E-state index in [-0.39, 0.29) is 17.2 Å². The summed E-state index contributed by atoms with van der Waals surface area (Å²) in [7, 11) is 0. The van der Waals surface area contributed by atoms with Crippen LogP contribution in [0.2, 0.25) is 0 Å². The lowest BCUT2D eigenvalue weighted by molar-refractivity contribution is -0.402. The second kappa shape index (κ2) is 6.01. The molecule has 0 spiro atoms. The van der Waals surface area contributed by atoms with Crippen LogP contribution in [0.4, 0.5) is 5.88 Å². The third-order valence-electron chi connectivity index (χ3n) is 3.27. The zero-order chi connectivity index (χ0) is 16.3. The van der Waals surface area contributed by atoms with Crippen molar-refractivity contribution in [3.8, 4) is 0 Å². The van der Waals surface area contributed by atoms with Gasteiger partial charge in [-0.25, -0.2) is 0 Å². The first kappa shape index (κ1) is 15.8. The summed E-state index contributed by atoms with van der Waals surface area (Å²) in [5.41, 5.74) is 0.736. The predicted octanol–water partition coefficient (Wildman–Crippen LogP) is 3.71. The number of carbonyl (C=O) groups is 1. The number of benzene rings is 1. The maximum absolute atomic E-state index is 12.3. The van der Waals surface area contributed by atoms with Crippen LogP contribution in [-0.2, 0) is 0 Å². The van der Waals surface area contributed by atoms with Crippen molar-refractivity contribution >= 4 is 11.8 Å². The lowest BCUT2D eigenvalue weighted by Gasteiger charge is -2.31. The van der Waals surface area contributed by atoms with Crippen molar-refractivity contribution < 1.29 is 14.1 Å². The number of nitrogens with one attached hydrogen (secondary N) is 1. The highest BCUT2D eigenvalue weighted by Crippen LogP contribution is 2.33. The summed E-state index contributed by atoms with van der Waals surface area (Å²) in [5.74, 6) is -0.995. The fraction of sp³-hybridized carbons (Fsp3) is 0.312. The van der Waals surface area contributed by atoms with Crippen LogP contribution in [0.1, 0.15) is 42.9 Å². The third-order valence-corrected chi connectivity index (χ3v) is 3.27. The van der Waals surface area contributed by atoms with Crippen molar-refractivity contribution in [2.24, 2.45) is 5.41 Å². The normalized spacial score (nSPS) is 12.7. The van der Waals surface area contributed by atoms with E-state index in [9.17, 15) is 14.9 Å². The summed E-state index contributed by atoms with van der Waals surface area (Å²) in [5, 5.41) is 13.5. The molecule has 1 aromatic carbocycles. The molecule has 6 heteroatoms. The number of hydrogen-bond donors (Lipinski definition) is 1. The summed E-state index contributed by atoms with van der Waals surface area (Å²) in [6, 6.07) is 11.8. The van der Waals surface area contributed by atoms with Crippen molar-refractivity contribution in [2.45, 2.75) is 26.8 Å². The highest BCUT2D eigenvalue weighted by molar-refractivity contribution is 5.92. The van der Waals surface area contributed by atoms with Gasteiger partial charge in [-0.2, -0.15) is 0 Å². The van der Waals surface area contributed by atoms with Gasteiger partial charge in [0.15, 0.2) is 5.76 Å². The largest absolute Gasteiger partial charge is 0.433 e. The highest BCUT2D eigenvalue weighted by atomic mass is 16.6. The smallest absolute Gasteiger partial charge is 0.395 e. The van der Waals surface area contributed by atoms with Crippen LogP contribution in [-0.4, -0.2) is 10.8 Å². The van der Waals surface area contributed by atoms with Crippen LogP contribution in [0.25, 0.3) is 0 Å². The number of rotatable bonds is 4. The number of carbonyl (C=O) groups excluding carboxylic acids is 1. The molecule has 0 radical (unpaired) electrons. The fourth-order valence-electron chi connectivity index (χ4n) is 2.20. The van der Waals surface area contributed by atoms with E-state index < -0.39 is 16.7 Å². The van der Waals surface area contributed by atoms with E-state index in [2.05, 4.69) is 5.32 Å². The minimum atomic E-state index is -0.671. The molecular formula is C16H18N2O4. The van der Waals surface area contributed by atoms with Crippen molar-refractivity contribution in [2.75, 3.05) is 0 Å². The highest BCUT2D eigenvalue weighted by Gasteiger charge is 2.29.